The second-order valence-corrected chi connectivity index (χ2v) is 7.62. The van der Waals surface area contributed by atoms with E-state index in [-0.39, 0.29) is 23.3 Å². The van der Waals surface area contributed by atoms with E-state index in [4.69, 9.17) is 0 Å². The minimum atomic E-state index is -1.34. The van der Waals surface area contributed by atoms with E-state index in [1.54, 1.807) is 0 Å². The van der Waals surface area contributed by atoms with Gasteiger partial charge in [-0.15, -0.1) is 0 Å². The van der Waals surface area contributed by atoms with E-state index in [9.17, 15) is 14.7 Å². The van der Waals surface area contributed by atoms with E-state index < -0.39 is 5.97 Å². The number of carboxylic acid groups (broad SMARTS) is 1. The van der Waals surface area contributed by atoms with Gasteiger partial charge >= 0.3 is 0 Å². The predicted octanol–water partition coefficient (Wildman–Crippen LogP) is 3.32. The number of Topliss-reactive ketones (excluding diaryl/α,β-unsaturated/α-hetero) is 1. The van der Waals surface area contributed by atoms with Crippen molar-refractivity contribution in [3.63, 3.8) is 0 Å². The molecule has 4 nitrogen and oxygen atoms in total. The zero-order chi connectivity index (χ0) is 19.7. The van der Waals surface area contributed by atoms with Crippen molar-refractivity contribution in [1.82, 2.24) is 4.90 Å². The molecule has 1 fully saturated rings. The van der Waals surface area contributed by atoms with Crippen LogP contribution >= 0.6 is 0 Å². The van der Waals surface area contributed by atoms with Gasteiger partial charge in [0.2, 0.25) is 0 Å². The number of allylic oxidation sites excluding steroid dienone is 1. The monoisotopic (exact) mass is 374 g/mol. The lowest BCUT2D eigenvalue weighted by Crippen LogP contribution is -2.48. The maximum absolute atomic E-state index is 12.7. The maximum Gasteiger partial charge on any atom is 0.171 e. The van der Waals surface area contributed by atoms with Crippen LogP contribution in [0.15, 0.2) is 65.9 Å². The molecule has 2 aromatic carbocycles. The van der Waals surface area contributed by atoms with Gasteiger partial charge in [-0.05, 0) is 36.0 Å². The molecule has 144 valence electrons. The summed E-state index contributed by atoms with van der Waals surface area (Å²) in [5.74, 6) is -1.78. The summed E-state index contributed by atoms with van der Waals surface area (Å²) < 4.78 is 0. The summed E-state index contributed by atoms with van der Waals surface area (Å²) >= 11 is 0. The molecule has 0 spiro atoms. The van der Waals surface area contributed by atoms with Gasteiger partial charge in [-0.1, -0.05) is 67.9 Å². The van der Waals surface area contributed by atoms with Crippen LogP contribution < -0.4 is 5.11 Å². The van der Waals surface area contributed by atoms with Crippen LogP contribution in [0.25, 0.3) is 11.1 Å². The van der Waals surface area contributed by atoms with Crippen LogP contribution in [0.3, 0.4) is 0 Å². The van der Waals surface area contributed by atoms with Crippen LogP contribution in [-0.4, -0.2) is 22.7 Å². The third-order valence-electron chi connectivity index (χ3n) is 6.05. The van der Waals surface area contributed by atoms with Crippen molar-refractivity contribution in [3.05, 3.63) is 71.4 Å². The summed E-state index contributed by atoms with van der Waals surface area (Å²) in [7, 11) is 0. The van der Waals surface area contributed by atoms with E-state index in [0.29, 0.717) is 18.7 Å². The van der Waals surface area contributed by atoms with Gasteiger partial charge in [0.25, 0.3) is 0 Å². The van der Waals surface area contributed by atoms with Crippen molar-refractivity contribution in [2.45, 2.75) is 45.2 Å². The Morgan fingerprint density at radius 1 is 1.04 bits per heavy atom. The molecule has 0 bridgehead atoms. The van der Waals surface area contributed by atoms with E-state index in [0.717, 1.165) is 30.4 Å². The molecule has 4 heteroatoms. The van der Waals surface area contributed by atoms with Crippen molar-refractivity contribution in [2.75, 3.05) is 0 Å². The van der Waals surface area contributed by atoms with Gasteiger partial charge in [-0.2, -0.15) is 0 Å². The zero-order valence-electron chi connectivity index (χ0n) is 16.1. The molecule has 1 aliphatic carbocycles. The number of fused-ring (bicyclic) bond motifs is 1. The highest BCUT2D eigenvalue weighted by atomic mass is 16.4. The van der Waals surface area contributed by atoms with E-state index >= 15 is 0 Å². The Morgan fingerprint density at radius 3 is 2.36 bits per heavy atom. The van der Waals surface area contributed by atoms with E-state index in [2.05, 4.69) is 41.3 Å². The van der Waals surface area contributed by atoms with Gasteiger partial charge in [0.1, 0.15) is 0 Å². The van der Waals surface area contributed by atoms with Gasteiger partial charge in [0.05, 0.1) is 11.5 Å². The first-order valence-electron chi connectivity index (χ1n) is 10.00. The molecular formula is C24H24NO3-. The van der Waals surface area contributed by atoms with Gasteiger partial charge < -0.3 is 14.8 Å². The fraction of sp³-hybridized carbons (Fsp3) is 0.333. The average Bonchev–Trinajstić information content (AvgIpc) is 3.21. The van der Waals surface area contributed by atoms with Crippen LogP contribution in [-0.2, 0) is 16.1 Å². The lowest BCUT2D eigenvalue weighted by atomic mass is 9.85. The lowest BCUT2D eigenvalue weighted by molar-refractivity contribution is -0.299. The Labute approximate surface area is 165 Å². The number of carboxylic acids is 1. The summed E-state index contributed by atoms with van der Waals surface area (Å²) in [5, 5.41) is 11.7. The standard InChI is InChI=1S/C24H25NO3/c1-2-20-22(24(27)28)23(26)19-9-6-10-21(19)25(20)15-16-11-13-18(14-12-16)17-7-4-3-5-8-17/h3-5,7-8,11-14,19,21H,2,6,9-10,15H2,1H3,(H,27,28)/p-1. The van der Waals surface area contributed by atoms with Crippen molar-refractivity contribution < 1.29 is 14.7 Å². The van der Waals surface area contributed by atoms with Gasteiger partial charge in [0, 0.05) is 24.2 Å². The highest BCUT2D eigenvalue weighted by Gasteiger charge is 2.43. The molecule has 1 aliphatic heterocycles. The van der Waals surface area contributed by atoms with Crippen molar-refractivity contribution >= 4 is 11.8 Å². The first-order chi connectivity index (χ1) is 13.6. The first kappa shape index (κ1) is 18.5. The van der Waals surface area contributed by atoms with Crippen LogP contribution in [0.1, 0.15) is 38.2 Å². The molecule has 2 unspecified atom stereocenters. The number of nitrogens with zero attached hydrogens (tertiary/aromatic N) is 1. The van der Waals surface area contributed by atoms with Crippen LogP contribution in [0.5, 0.6) is 0 Å². The number of benzene rings is 2. The molecule has 0 radical (unpaired) electrons. The molecule has 0 saturated heterocycles. The van der Waals surface area contributed by atoms with E-state index in [1.807, 2.05) is 25.1 Å². The van der Waals surface area contributed by atoms with Crippen LogP contribution in [0, 0.1) is 5.92 Å². The van der Waals surface area contributed by atoms with Gasteiger partial charge in [0.15, 0.2) is 5.78 Å². The Bertz CT molecular complexity index is 915. The molecule has 28 heavy (non-hydrogen) atoms. The van der Waals surface area contributed by atoms with Crippen LogP contribution in [0.4, 0.5) is 0 Å². The number of aliphatic carboxylic acids is 1. The largest absolute Gasteiger partial charge is 0.545 e. The molecule has 4 rings (SSSR count). The van der Waals surface area contributed by atoms with E-state index in [1.165, 1.54) is 5.56 Å². The Balaban J connectivity index is 1.65. The fourth-order valence-corrected chi connectivity index (χ4v) is 4.73. The molecule has 0 amide bonds. The van der Waals surface area contributed by atoms with Crippen LogP contribution in [0.2, 0.25) is 0 Å². The minimum Gasteiger partial charge on any atom is -0.545 e. The average molecular weight is 374 g/mol. The zero-order valence-corrected chi connectivity index (χ0v) is 16.1. The Morgan fingerprint density at radius 2 is 1.71 bits per heavy atom. The quantitative estimate of drug-likeness (QED) is 0.754. The molecule has 0 N–H and O–H groups in total. The minimum absolute atomic E-state index is 0.0966. The topological polar surface area (TPSA) is 60.4 Å². The van der Waals surface area contributed by atoms with Crippen molar-refractivity contribution in [2.24, 2.45) is 5.92 Å². The van der Waals surface area contributed by atoms with Gasteiger partial charge in [-0.3, -0.25) is 4.79 Å². The lowest BCUT2D eigenvalue weighted by Gasteiger charge is -2.42. The summed E-state index contributed by atoms with van der Waals surface area (Å²) in [6.45, 7) is 2.52. The highest BCUT2D eigenvalue weighted by molar-refractivity contribution is 6.18. The fourth-order valence-electron chi connectivity index (χ4n) is 4.73. The highest BCUT2D eigenvalue weighted by Crippen LogP contribution is 2.41. The summed E-state index contributed by atoms with van der Waals surface area (Å²) in [4.78, 5) is 26.6. The molecule has 2 aromatic rings. The van der Waals surface area contributed by atoms with Crippen molar-refractivity contribution in [1.29, 1.82) is 0 Å². The number of hydrogen-bond donors (Lipinski definition) is 0. The molecule has 1 heterocycles. The Hall–Kier alpha value is -2.88. The Kier molecular flexibility index (Phi) is 5.03. The molecule has 2 atom stereocenters. The second kappa shape index (κ2) is 7.63. The summed E-state index contributed by atoms with van der Waals surface area (Å²) in [6.07, 6.45) is 3.17. The summed E-state index contributed by atoms with van der Waals surface area (Å²) in [5.41, 5.74) is 3.95. The normalized spacial score (nSPS) is 21.8. The number of carbonyl (C=O) groups is 2. The smallest absolute Gasteiger partial charge is 0.171 e. The van der Waals surface area contributed by atoms with Gasteiger partial charge in [-0.25, -0.2) is 0 Å². The molecule has 2 aliphatic rings. The third kappa shape index (κ3) is 3.24. The number of carbonyl (C=O) groups excluding carboxylic acids is 2. The molecular weight excluding hydrogens is 350 g/mol. The molecule has 0 aromatic heterocycles. The number of hydrogen-bond acceptors (Lipinski definition) is 4. The summed E-state index contributed by atoms with van der Waals surface area (Å²) in [6, 6.07) is 18.7. The number of rotatable bonds is 5. The van der Waals surface area contributed by atoms with Crippen molar-refractivity contribution in [3.8, 4) is 11.1 Å². The third-order valence-corrected chi connectivity index (χ3v) is 6.05. The SMILES string of the molecule is CCC1=C(C(=O)[O-])C(=O)C2CCCC2N1Cc1ccc(-c2ccccc2)cc1. The second-order valence-electron chi connectivity index (χ2n) is 7.62. The number of ketones is 1. The predicted molar refractivity (Wildman–Crippen MR) is 106 cm³/mol. The molecule has 1 saturated carbocycles. The maximum atomic E-state index is 12.7. The first-order valence-corrected chi connectivity index (χ1v) is 10.00.